The summed E-state index contributed by atoms with van der Waals surface area (Å²) in [6.07, 6.45) is 3.17. The normalized spacial score (nSPS) is 21.3. The molecule has 2 amide bonds. The van der Waals surface area contributed by atoms with Gasteiger partial charge in [-0.25, -0.2) is 9.78 Å². The van der Waals surface area contributed by atoms with E-state index in [0.717, 1.165) is 4.88 Å². The number of hydrogen-bond donors (Lipinski definition) is 2. The van der Waals surface area contributed by atoms with Gasteiger partial charge in [0, 0.05) is 16.4 Å². The van der Waals surface area contributed by atoms with Crippen LogP contribution in [0.4, 0.5) is 0 Å². The number of oxazole rings is 1. The summed E-state index contributed by atoms with van der Waals surface area (Å²) >= 11 is 4.20. The maximum Gasteiger partial charge on any atom is 0.352 e. The number of nitrogens with one attached hydrogen (secondary N) is 1. The fourth-order valence-electron chi connectivity index (χ4n) is 3.02. The highest BCUT2D eigenvalue weighted by Gasteiger charge is 2.54. The lowest BCUT2D eigenvalue weighted by molar-refractivity contribution is -0.150. The maximum atomic E-state index is 12.6. The number of aromatic nitrogens is 1. The number of β-lactam (4-membered cyclic amide) rings is 1. The lowest BCUT2D eigenvalue weighted by atomic mass is 10.0. The fraction of sp³-hybridized carbons (Fsp3) is 0.294. The first-order valence-electron chi connectivity index (χ1n) is 8.28. The highest BCUT2D eigenvalue weighted by molar-refractivity contribution is 8.01. The van der Waals surface area contributed by atoms with Gasteiger partial charge in [-0.1, -0.05) is 17.8 Å². The van der Waals surface area contributed by atoms with Crippen LogP contribution in [-0.4, -0.2) is 55.7 Å². The van der Waals surface area contributed by atoms with Gasteiger partial charge >= 0.3 is 5.97 Å². The van der Waals surface area contributed by atoms with E-state index in [1.54, 1.807) is 0 Å². The van der Waals surface area contributed by atoms with Crippen molar-refractivity contribution in [1.29, 1.82) is 0 Å². The monoisotopic (exact) mass is 437 g/mol. The minimum Gasteiger partial charge on any atom is -0.477 e. The van der Waals surface area contributed by atoms with E-state index in [1.165, 1.54) is 52.2 Å². The number of hydrogen-bond acceptors (Lipinski definition) is 8. The Balaban J connectivity index is 1.44. The van der Waals surface area contributed by atoms with E-state index in [-0.39, 0.29) is 18.0 Å². The fourth-order valence-corrected chi connectivity index (χ4v) is 5.99. The number of fused-ring (bicyclic) bond motifs is 1. The van der Waals surface area contributed by atoms with E-state index in [2.05, 4.69) is 10.3 Å². The second-order valence-corrected chi connectivity index (χ2v) is 9.12. The van der Waals surface area contributed by atoms with Crippen LogP contribution in [0.5, 0.6) is 0 Å². The molecule has 2 N–H and O–H groups in total. The van der Waals surface area contributed by atoms with Crippen LogP contribution in [0.15, 0.2) is 50.9 Å². The standard InChI is InChI=1S/C17H15N3O5S3/c21-11(6-10-2-1-5-26-10)19-12-14(22)20-13(16(23)24)9(7-27-15(12)20)8-28-17-18-3-4-25-17/h1-5,12,15H,6-8H2,(H,19,21)(H,23,24)/t12?,15-/m1/s1. The van der Waals surface area contributed by atoms with Gasteiger partial charge in [0.25, 0.3) is 11.1 Å². The molecular formula is C17H15N3O5S3. The van der Waals surface area contributed by atoms with Gasteiger partial charge in [0.2, 0.25) is 5.91 Å². The molecule has 2 aliphatic rings. The van der Waals surface area contributed by atoms with Gasteiger partial charge in [0.1, 0.15) is 23.4 Å². The predicted octanol–water partition coefficient (Wildman–Crippen LogP) is 1.81. The van der Waals surface area contributed by atoms with Crippen molar-refractivity contribution in [3.8, 4) is 0 Å². The molecule has 2 aliphatic heterocycles. The van der Waals surface area contributed by atoms with Crippen molar-refractivity contribution in [3.63, 3.8) is 0 Å². The molecule has 11 heteroatoms. The van der Waals surface area contributed by atoms with Gasteiger partial charge in [-0.3, -0.25) is 14.5 Å². The Morgan fingerprint density at radius 1 is 1.46 bits per heavy atom. The number of rotatable bonds is 7. The van der Waals surface area contributed by atoms with Gasteiger partial charge in [0.15, 0.2) is 0 Å². The molecular weight excluding hydrogens is 422 g/mol. The largest absolute Gasteiger partial charge is 0.477 e. The summed E-state index contributed by atoms with van der Waals surface area (Å²) in [4.78, 5) is 42.8. The highest BCUT2D eigenvalue weighted by Crippen LogP contribution is 2.41. The van der Waals surface area contributed by atoms with Gasteiger partial charge in [-0.2, -0.15) is 0 Å². The van der Waals surface area contributed by atoms with E-state index in [1.807, 2.05) is 17.5 Å². The number of carboxylic acid groups (broad SMARTS) is 1. The van der Waals surface area contributed by atoms with Crippen molar-refractivity contribution >= 4 is 52.6 Å². The summed E-state index contributed by atoms with van der Waals surface area (Å²) in [5.41, 5.74) is 0.630. The molecule has 0 radical (unpaired) electrons. The Labute approximate surface area is 172 Å². The van der Waals surface area contributed by atoms with Crippen LogP contribution >= 0.6 is 34.9 Å². The molecule has 146 valence electrons. The number of carbonyl (C=O) groups is 3. The quantitative estimate of drug-likeness (QED) is 0.498. The number of amides is 2. The van der Waals surface area contributed by atoms with Gasteiger partial charge < -0.3 is 14.8 Å². The Morgan fingerprint density at radius 2 is 2.32 bits per heavy atom. The molecule has 1 fully saturated rings. The smallest absolute Gasteiger partial charge is 0.352 e. The number of carboxylic acids is 1. The van der Waals surface area contributed by atoms with Crippen molar-refractivity contribution in [2.45, 2.75) is 23.1 Å². The topological polar surface area (TPSA) is 113 Å². The molecule has 1 unspecified atom stereocenters. The van der Waals surface area contributed by atoms with Gasteiger partial charge in [-0.05, 0) is 17.0 Å². The third kappa shape index (κ3) is 3.69. The van der Waals surface area contributed by atoms with E-state index in [0.29, 0.717) is 22.3 Å². The molecule has 0 saturated carbocycles. The molecule has 0 aromatic carbocycles. The second-order valence-electron chi connectivity index (χ2n) is 6.06. The number of thioether (sulfide) groups is 2. The first-order chi connectivity index (χ1) is 13.5. The second kappa shape index (κ2) is 8.02. The Morgan fingerprint density at radius 3 is 3.00 bits per heavy atom. The van der Waals surface area contributed by atoms with Crippen LogP contribution in [0.1, 0.15) is 4.88 Å². The Bertz CT molecular complexity index is 926. The van der Waals surface area contributed by atoms with Crippen molar-refractivity contribution in [1.82, 2.24) is 15.2 Å². The zero-order valence-corrected chi connectivity index (χ0v) is 16.8. The van der Waals surface area contributed by atoms with E-state index in [9.17, 15) is 19.5 Å². The SMILES string of the molecule is O=C(Cc1cccs1)NC1C(=O)N2C(C(=O)O)=C(CSc3ncco3)CS[C@H]12. The lowest BCUT2D eigenvalue weighted by Crippen LogP contribution is -2.70. The molecule has 8 nitrogen and oxygen atoms in total. The number of carbonyl (C=O) groups excluding carboxylic acids is 2. The van der Waals surface area contributed by atoms with Crippen LogP contribution in [-0.2, 0) is 20.8 Å². The van der Waals surface area contributed by atoms with E-state index < -0.39 is 23.3 Å². The molecule has 0 bridgehead atoms. The molecule has 4 heterocycles. The number of thiophene rings is 1. The summed E-state index contributed by atoms with van der Waals surface area (Å²) in [6, 6.07) is 3.02. The van der Waals surface area contributed by atoms with Crippen molar-refractivity contribution < 1.29 is 23.9 Å². The van der Waals surface area contributed by atoms with Gasteiger partial charge in [0.05, 0.1) is 12.6 Å². The molecule has 2 aromatic heterocycles. The summed E-state index contributed by atoms with van der Waals surface area (Å²) in [5.74, 6) is -0.966. The van der Waals surface area contributed by atoms with Crippen LogP contribution in [0, 0.1) is 0 Å². The zero-order chi connectivity index (χ0) is 19.7. The third-order valence-electron chi connectivity index (χ3n) is 4.26. The van der Waals surface area contributed by atoms with Crippen molar-refractivity contribution in [2.75, 3.05) is 11.5 Å². The third-order valence-corrected chi connectivity index (χ3v) is 7.42. The van der Waals surface area contributed by atoms with Crippen molar-refractivity contribution in [2.24, 2.45) is 0 Å². The Kier molecular flexibility index (Phi) is 5.47. The molecule has 4 rings (SSSR count). The van der Waals surface area contributed by atoms with Crippen LogP contribution in [0.25, 0.3) is 0 Å². The lowest BCUT2D eigenvalue weighted by Gasteiger charge is -2.49. The summed E-state index contributed by atoms with van der Waals surface area (Å²) in [7, 11) is 0. The first kappa shape index (κ1) is 19.1. The minimum atomic E-state index is -1.15. The first-order valence-corrected chi connectivity index (χ1v) is 11.2. The zero-order valence-electron chi connectivity index (χ0n) is 14.4. The molecule has 2 atom stereocenters. The summed E-state index contributed by atoms with van der Waals surface area (Å²) in [5, 5.41) is 14.3. The van der Waals surface area contributed by atoms with Crippen LogP contribution in [0.3, 0.4) is 0 Å². The summed E-state index contributed by atoms with van der Waals surface area (Å²) in [6.45, 7) is 0. The average molecular weight is 438 g/mol. The minimum absolute atomic E-state index is 0.00318. The molecule has 2 aromatic rings. The average Bonchev–Trinajstić information content (AvgIpc) is 3.37. The number of nitrogens with zero attached hydrogens (tertiary/aromatic N) is 2. The maximum absolute atomic E-state index is 12.6. The predicted molar refractivity (Wildman–Crippen MR) is 105 cm³/mol. The Hall–Kier alpha value is -2.24. The summed E-state index contributed by atoms with van der Waals surface area (Å²) < 4.78 is 5.15. The van der Waals surface area contributed by atoms with Crippen molar-refractivity contribution in [3.05, 3.63) is 46.1 Å². The van der Waals surface area contributed by atoms with E-state index >= 15 is 0 Å². The highest BCUT2D eigenvalue weighted by atomic mass is 32.2. The van der Waals surface area contributed by atoms with Crippen LogP contribution in [0.2, 0.25) is 0 Å². The molecule has 1 saturated heterocycles. The van der Waals surface area contributed by atoms with E-state index in [4.69, 9.17) is 4.42 Å². The van der Waals surface area contributed by atoms with Crippen LogP contribution < -0.4 is 5.32 Å². The number of aliphatic carboxylic acids is 1. The molecule has 28 heavy (non-hydrogen) atoms. The molecule has 0 spiro atoms. The van der Waals surface area contributed by atoms with Gasteiger partial charge in [-0.15, -0.1) is 23.1 Å². The molecule has 0 aliphatic carbocycles.